The summed E-state index contributed by atoms with van der Waals surface area (Å²) >= 11 is 0. The first kappa shape index (κ1) is 19.6. The van der Waals surface area contributed by atoms with E-state index in [0.717, 1.165) is 10.5 Å². The highest BCUT2D eigenvalue weighted by Crippen LogP contribution is 2.40. The van der Waals surface area contributed by atoms with Crippen LogP contribution in [-0.2, 0) is 9.59 Å². The molecule has 7 heteroatoms. The highest BCUT2D eigenvalue weighted by molar-refractivity contribution is 6.25. The summed E-state index contributed by atoms with van der Waals surface area (Å²) in [5.41, 5.74) is 2.07. The Bertz CT molecular complexity index is 1090. The largest absolute Gasteiger partial charge is 0.478 e. The molecule has 2 atom stereocenters. The van der Waals surface area contributed by atoms with Crippen molar-refractivity contribution in [1.29, 1.82) is 0 Å². The molecule has 1 aliphatic heterocycles. The fourth-order valence-corrected chi connectivity index (χ4v) is 4.03. The van der Waals surface area contributed by atoms with E-state index < -0.39 is 11.9 Å². The number of carbonyl (C=O) groups is 4. The molecule has 0 bridgehead atoms. The quantitative estimate of drug-likeness (QED) is 0.600. The molecule has 0 aromatic heterocycles. The number of nitrogens with zero attached hydrogens (tertiary/aromatic N) is 1. The number of nitrogens with one attached hydrogen (secondary N) is 1. The van der Waals surface area contributed by atoms with Gasteiger partial charge in [0.1, 0.15) is 0 Å². The van der Waals surface area contributed by atoms with E-state index in [0.29, 0.717) is 18.5 Å². The van der Waals surface area contributed by atoms with Crippen molar-refractivity contribution in [3.8, 4) is 0 Å². The number of anilines is 2. The van der Waals surface area contributed by atoms with Crippen molar-refractivity contribution in [2.75, 3.05) is 10.2 Å². The van der Waals surface area contributed by atoms with Gasteiger partial charge in [-0.25, -0.2) is 9.69 Å². The van der Waals surface area contributed by atoms with Crippen molar-refractivity contribution >= 4 is 35.1 Å². The molecule has 0 spiro atoms. The zero-order chi connectivity index (χ0) is 21.4. The highest BCUT2D eigenvalue weighted by atomic mass is 16.4. The van der Waals surface area contributed by atoms with Gasteiger partial charge < -0.3 is 10.4 Å². The van der Waals surface area contributed by atoms with Crippen LogP contribution in [0.2, 0.25) is 0 Å². The molecule has 2 aliphatic rings. The maximum absolute atomic E-state index is 13.0. The zero-order valence-electron chi connectivity index (χ0n) is 16.3. The number of rotatable bonds is 4. The number of allylic oxidation sites excluding steroid dienone is 2. The molecule has 2 aromatic rings. The molecule has 0 saturated carbocycles. The molecule has 0 radical (unpaired) electrons. The van der Waals surface area contributed by atoms with Crippen molar-refractivity contribution in [1.82, 2.24) is 0 Å². The van der Waals surface area contributed by atoms with Crippen LogP contribution in [0, 0.1) is 11.8 Å². The second-order valence-electron chi connectivity index (χ2n) is 7.57. The summed E-state index contributed by atoms with van der Waals surface area (Å²) in [6.45, 7) is 1.95. The lowest BCUT2D eigenvalue weighted by Crippen LogP contribution is -2.33. The van der Waals surface area contributed by atoms with Crippen molar-refractivity contribution in [3.05, 3.63) is 71.3 Å². The second kappa shape index (κ2) is 7.59. The van der Waals surface area contributed by atoms with Gasteiger partial charge in [0.15, 0.2) is 0 Å². The number of carboxylic acid groups (broad SMARTS) is 1. The average molecular weight is 404 g/mol. The number of carbonyl (C=O) groups excluding carboxylic acids is 3. The fourth-order valence-electron chi connectivity index (χ4n) is 4.03. The minimum atomic E-state index is -1.06. The summed E-state index contributed by atoms with van der Waals surface area (Å²) in [7, 11) is 0. The zero-order valence-corrected chi connectivity index (χ0v) is 16.3. The van der Waals surface area contributed by atoms with Crippen LogP contribution in [0.5, 0.6) is 0 Å². The van der Waals surface area contributed by atoms with E-state index in [4.69, 9.17) is 5.11 Å². The van der Waals surface area contributed by atoms with Crippen molar-refractivity contribution in [2.45, 2.75) is 19.8 Å². The molecule has 1 saturated heterocycles. The van der Waals surface area contributed by atoms with Crippen LogP contribution in [0.15, 0.2) is 60.2 Å². The molecule has 1 heterocycles. The third-order valence-electron chi connectivity index (χ3n) is 5.60. The van der Waals surface area contributed by atoms with Crippen LogP contribution < -0.4 is 10.2 Å². The number of carboxylic acids is 1. The SMILES string of the molecule is CC1=CC[C@@H]2C(=O)N(c3ccccc3C(=O)Nc3ccc(C(=O)O)cc3)C(=O)[C@H]2C1. The molecule has 3 amide bonds. The molecule has 1 aliphatic carbocycles. The summed E-state index contributed by atoms with van der Waals surface area (Å²) in [6, 6.07) is 12.2. The highest BCUT2D eigenvalue weighted by Gasteiger charge is 2.49. The number of benzene rings is 2. The predicted molar refractivity (Wildman–Crippen MR) is 110 cm³/mol. The average Bonchev–Trinajstić information content (AvgIpc) is 2.98. The van der Waals surface area contributed by atoms with Crippen molar-refractivity contribution in [2.24, 2.45) is 11.8 Å². The predicted octanol–water partition coefficient (Wildman–Crippen LogP) is 3.48. The summed E-state index contributed by atoms with van der Waals surface area (Å²) < 4.78 is 0. The van der Waals surface area contributed by atoms with E-state index in [2.05, 4.69) is 5.32 Å². The molecule has 4 rings (SSSR count). The summed E-state index contributed by atoms with van der Waals surface area (Å²) in [5, 5.41) is 11.7. The number of fused-ring (bicyclic) bond motifs is 1. The Morgan fingerprint density at radius 3 is 2.37 bits per heavy atom. The summed E-state index contributed by atoms with van der Waals surface area (Å²) in [5.74, 6) is -2.87. The van der Waals surface area contributed by atoms with Crippen LogP contribution in [0.3, 0.4) is 0 Å². The minimum absolute atomic E-state index is 0.105. The van der Waals surface area contributed by atoms with Crippen LogP contribution in [0.1, 0.15) is 40.5 Å². The second-order valence-corrected chi connectivity index (χ2v) is 7.57. The Morgan fingerprint density at radius 1 is 1.00 bits per heavy atom. The Kier molecular flexibility index (Phi) is 4.95. The van der Waals surface area contributed by atoms with Gasteiger partial charge in [0.2, 0.25) is 11.8 Å². The van der Waals surface area contributed by atoms with Crippen molar-refractivity contribution < 1.29 is 24.3 Å². The standard InChI is InChI=1S/C23H20N2O5/c1-13-6-11-16-18(12-13)22(28)25(21(16)27)19-5-3-2-4-17(19)20(26)24-15-9-7-14(8-10-15)23(29)30/h2-10,16,18H,11-12H2,1H3,(H,24,26)(H,29,30)/t16-,18-/m0/s1. The number of hydrogen-bond acceptors (Lipinski definition) is 4. The smallest absolute Gasteiger partial charge is 0.335 e. The van der Waals surface area contributed by atoms with Gasteiger partial charge in [-0.3, -0.25) is 14.4 Å². The van der Waals surface area contributed by atoms with Crippen molar-refractivity contribution in [3.63, 3.8) is 0 Å². The van der Waals surface area contributed by atoms with Gasteiger partial charge in [-0.05, 0) is 56.2 Å². The first-order valence-corrected chi connectivity index (χ1v) is 9.64. The first-order chi connectivity index (χ1) is 14.4. The molecule has 30 heavy (non-hydrogen) atoms. The molecule has 0 unspecified atom stereocenters. The van der Waals surface area contributed by atoms with E-state index in [1.54, 1.807) is 24.3 Å². The normalized spacial score (nSPS) is 20.6. The lowest BCUT2D eigenvalue weighted by Gasteiger charge is -2.19. The monoisotopic (exact) mass is 404 g/mol. The Hall–Kier alpha value is -3.74. The summed E-state index contributed by atoms with van der Waals surface area (Å²) in [6.07, 6.45) is 3.08. The molecule has 2 N–H and O–H groups in total. The van der Waals surface area contributed by atoms with Gasteiger partial charge in [-0.15, -0.1) is 0 Å². The first-order valence-electron chi connectivity index (χ1n) is 9.64. The van der Waals surface area contributed by atoms with Crippen LogP contribution in [0.25, 0.3) is 0 Å². The molecule has 152 valence electrons. The number of hydrogen-bond donors (Lipinski definition) is 2. The molecular formula is C23H20N2O5. The maximum Gasteiger partial charge on any atom is 0.335 e. The van der Waals surface area contributed by atoms with Crippen LogP contribution >= 0.6 is 0 Å². The topological polar surface area (TPSA) is 104 Å². The summed E-state index contributed by atoms with van der Waals surface area (Å²) in [4.78, 5) is 51.0. The number of aromatic carboxylic acids is 1. The third-order valence-corrected chi connectivity index (χ3v) is 5.60. The van der Waals surface area contributed by atoms with E-state index in [9.17, 15) is 19.2 Å². The van der Waals surface area contributed by atoms with Gasteiger partial charge >= 0.3 is 5.97 Å². The Morgan fingerprint density at radius 2 is 1.67 bits per heavy atom. The minimum Gasteiger partial charge on any atom is -0.478 e. The van der Waals surface area contributed by atoms with E-state index in [1.807, 2.05) is 13.0 Å². The van der Waals surface area contributed by atoms with E-state index in [1.165, 1.54) is 24.3 Å². The molecular weight excluding hydrogens is 384 g/mol. The number of amides is 3. The van der Waals surface area contributed by atoms with Gasteiger partial charge in [0, 0.05) is 5.69 Å². The lowest BCUT2D eigenvalue weighted by molar-refractivity contribution is -0.122. The lowest BCUT2D eigenvalue weighted by atomic mass is 9.82. The van der Waals surface area contributed by atoms with Crippen LogP contribution in [-0.4, -0.2) is 28.8 Å². The van der Waals surface area contributed by atoms with Gasteiger partial charge in [-0.1, -0.05) is 23.8 Å². The van der Waals surface area contributed by atoms with Gasteiger partial charge in [0.25, 0.3) is 5.91 Å². The fraction of sp³-hybridized carbons (Fsp3) is 0.217. The number of para-hydroxylation sites is 1. The van der Waals surface area contributed by atoms with Crippen LogP contribution in [0.4, 0.5) is 11.4 Å². The molecule has 2 aromatic carbocycles. The molecule has 1 fully saturated rings. The number of imide groups is 1. The Labute approximate surface area is 173 Å². The van der Waals surface area contributed by atoms with E-state index in [-0.39, 0.29) is 40.5 Å². The maximum atomic E-state index is 13.0. The molecule has 7 nitrogen and oxygen atoms in total. The van der Waals surface area contributed by atoms with Gasteiger partial charge in [0.05, 0.1) is 28.7 Å². The van der Waals surface area contributed by atoms with E-state index >= 15 is 0 Å². The van der Waals surface area contributed by atoms with Gasteiger partial charge in [-0.2, -0.15) is 0 Å². The Balaban J connectivity index is 1.61. The third kappa shape index (κ3) is 3.39.